The fourth-order valence-corrected chi connectivity index (χ4v) is 3.34. The molecule has 1 unspecified atom stereocenters. The lowest BCUT2D eigenvalue weighted by Crippen LogP contribution is -2.25. The molecular weight excluding hydrogens is 210 g/mol. The molecule has 2 bridgehead atoms. The summed E-state index contributed by atoms with van der Waals surface area (Å²) in [5.41, 5.74) is 0.695. The van der Waals surface area contributed by atoms with Crippen molar-refractivity contribution >= 4 is 0 Å². The molecule has 0 N–H and O–H groups in total. The fourth-order valence-electron chi connectivity index (χ4n) is 3.34. The molecule has 0 amide bonds. The third-order valence-electron chi connectivity index (χ3n) is 4.13. The molecule has 0 spiro atoms. The molecule has 2 aliphatic carbocycles. The zero-order valence-corrected chi connectivity index (χ0v) is 9.93. The average molecular weight is 227 g/mol. The van der Waals surface area contributed by atoms with Gasteiger partial charge in [0.05, 0.1) is 17.7 Å². The van der Waals surface area contributed by atoms with E-state index in [0.29, 0.717) is 11.7 Å². The van der Waals surface area contributed by atoms with Crippen molar-refractivity contribution in [3.05, 3.63) is 29.8 Å². The molecule has 17 heavy (non-hydrogen) atoms. The van der Waals surface area contributed by atoms with Crippen LogP contribution in [0.4, 0.5) is 0 Å². The summed E-state index contributed by atoms with van der Waals surface area (Å²) in [7, 11) is 0. The van der Waals surface area contributed by atoms with Gasteiger partial charge in [-0.05, 0) is 55.4 Å². The van der Waals surface area contributed by atoms with Gasteiger partial charge in [-0.15, -0.1) is 0 Å². The van der Waals surface area contributed by atoms with Crippen LogP contribution in [0.5, 0.6) is 5.75 Å². The SMILES string of the molecule is N#Cc1ccc(OC2C[C@H]3CC[C@@H](C2)C3)cc1. The Balaban J connectivity index is 1.64. The molecule has 1 aromatic rings. The molecule has 88 valence electrons. The van der Waals surface area contributed by atoms with Gasteiger partial charge in [0.2, 0.25) is 0 Å². The minimum absolute atomic E-state index is 0.397. The first kappa shape index (κ1) is 10.7. The number of hydrogen-bond donors (Lipinski definition) is 0. The summed E-state index contributed by atoms with van der Waals surface area (Å²) in [5.74, 6) is 2.71. The summed E-state index contributed by atoms with van der Waals surface area (Å²) in [6.45, 7) is 0. The van der Waals surface area contributed by atoms with Crippen LogP contribution in [0, 0.1) is 23.2 Å². The smallest absolute Gasteiger partial charge is 0.119 e. The Kier molecular flexibility index (Phi) is 2.76. The molecule has 2 saturated carbocycles. The van der Waals surface area contributed by atoms with E-state index >= 15 is 0 Å². The standard InChI is InChI=1S/C15H17NO/c16-10-11-3-5-14(6-4-11)17-15-8-12-1-2-13(7-12)9-15/h3-6,12-13,15H,1-2,7-9H2/t12-,13+,15?. The van der Waals surface area contributed by atoms with E-state index in [9.17, 15) is 0 Å². The molecule has 1 aromatic carbocycles. The van der Waals surface area contributed by atoms with Crippen molar-refractivity contribution in [1.29, 1.82) is 5.26 Å². The zero-order valence-electron chi connectivity index (χ0n) is 9.93. The number of fused-ring (bicyclic) bond motifs is 2. The van der Waals surface area contributed by atoms with Gasteiger partial charge in [-0.1, -0.05) is 12.8 Å². The zero-order chi connectivity index (χ0) is 11.7. The van der Waals surface area contributed by atoms with Crippen LogP contribution in [0.15, 0.2) is 24.3 Å². The average Bonchev–Trinajstić information content (AvgIpc) is 2.70. The number of nitriles is 1. The molecule has 0 aromatic heterocycles. The van der Waals surface area contributed by atoms with Crippen molar-refractivity contribution < 1.29 is 4.74 Å². The van der Waals surface area contributed by atoms with E-state index in [1.54, 1.807) is 0 Å². The first-order valence-corrected chi connectivity index (χ1v) is 6.50. The molecule has 0 saturated heterocycles. The Morgan fingerprint density at radius 2 is 1.65 bits per heavy atom. The lowest BCUT2D eigenvalue weighted by Gasteiger charge is -2.28. The summed E-state index contributed by atoms with van der Waals surface area (Å²) >= 11 is 0. The highest BCUT2D eigenvalue weighted by Gasteiger charge is 2.34. The highest BCUT2D eigenvalue weighted by Crippen LogP contribution is 2.43. The summed E-state index contributed by atoms with van der Waals surface area (Å²) < 4.78 is 6.03. The summed E-state index contributed by atoms with van der Waals surface area (Å²) in [6.07, 6.45) is 7.06. The van der Waals surface area contributed by atoms with Crippen LogP contribution in [0.1, 0.15) is 37.7 Å². The second-order valence-corrected chi connectivity index (χ2v) is 5.39. The maximum Gasteiger partial charge on any atom is 0.119 e. The lowest BCUT2D eigenvalue weighted by molar-refractivity contribution is 0.119. The van der Waals surface area contributed by atoms with Crippen LogP contribution in [0.3, 0.4) is 0 Å². The summed E-state index contributed by atoms with van der Waals surface area (Å²) in [5, 5.41) is 8.74. The van der Waals surface area contributed by atoms with E-state index in [1.807, 2.05) is 24.3 Å². The van der Waals surface area contributed by atoms with Crippen molar-refractivity contribution in [2.75, 3.05) is 0 Å². The minimum atomic E-state index is 0.397. The van der Waals surface area contributed by atoms with Crippen molar-refractivity contribution in [2.45, 2.75) is 38.2 Å². The molecule has 0 aliphatic heterocycles. The van der Waals surface area contributed by atoms with E-state index in [4.69, 9.17) is 10.00 Å². The van der Waals surface area contributed by atoms with Crippen LogP contribution in [-0.2, 0) is 0 Å². The normalized spacial score (nSPS) is 30.9. The fraction of sp³-hybridized carbons (Fsp3) is 0.533. The van der Waals surface area contributed by atoms with E-state index in [2.05, 4.69) is 6.07 Å². The van der Waals surface area contributed by atoms with Gasteiger partial charge < -0.3 is 4.74 Å². The molecule has 2 aliphatic rings. The van der Waals surface area contributed by atoms with Gasteiger partial charge >= 0.3 is 0 Å². The number of ether oxygens (including phenoxy) is 1. The maximum atomic E-state index is 8.74. The van der Waals surface area contributed by atoms with E-state index in [0.717, 1.165) is 17.6 Å². The van der Waals surface area contributed by atoms with Gasteiger partial charge in [0, 0.05) is 0 Å². The van der Waals surface area contributed by atoms with E-state index in [-0.39, 0.29) is 0 Å². The molecule has 2 heteroatoms. The predicted octanol–water partition coefficient (Wildman–Crippen LogP) is 3.52. The number of rotatable bonds is 2. The molecule has 0 heterocycles. The predicted molar refractivity (Wildman–Crippen MR) is 65.6 cm³/mol. The number of nitrogens with zero attached hydrogens (tertiary/aromatic N) is 1. The second kappa shape index (κ2) is 4.41. The van der Waals surface area contributed by atoms with Gasteiger partial charge in [-0.2, -0.15) is 5.26 Å². The van der Waals surface area contributed by atoms with Gasteiger partial charge in [0.1, 0.15) is 5.75 Å². The van der Waals surface area contributed by atoms with Crippen LogP contribution in [0.2, 0.25) is 0 Å². The van der Waals surface area contributed by atoms with Crippen molar-refractivity contribution in [1.82, 2.24) is 0 Å². The lowest BCUT2D eigenvalue weighted by atomic mass is 9.87. The van der Waals surface area contributed by atoms with Gasteiger partial charge in [-0.25, -0.2) is 0 Å². The number of hydrogen-bond acceptors (Lipinski definition) is 2. The highest BCUT2D eigenvalue weighted by molar-refractivity contribution is 5.34. The third-order valence-corrected chi connectivity index (χ3v) is 4.13. The molecule has 2 fully saturated rings. The quantitative estimate of drug-likeness (QED) is 0.774. The van der Waals surface area contributed by atoms with Crippen molar-refractivity contribution in [3.63, 3.8) is 0 Å². The van der Waals surface area contributed by atoms with Crippen LogP contribution >= 0.6 is 0 Å². The molecule has 3 rings (SSSR count). The van der Waals surface area contributed by atoms with Crippen LogP contribution < -0.4 is 4.74 Å². The Labute approximate surface area is 102 Å². The molecule has 0 radical (unpaired) electrons. The second-order valence-electron chi connectivity index (χ2n) is 5.39. The Morgan fingerprint density at radius 3 is 2.24 bits per heavy atom. The summed E-state index contributed by atoms with van der Waals surface area (Å²) in [4.78, 5) is 0. The van der Waals surface area contributed by atoms with Crippen LogP contribution in [-0.4, -0.2) is 6.10 Å². The summed E-state index contributed by atoms with van der Waals surface area (Å²) in [6, 6.07) is 9.60. The minimum Gasteiger partial charge on any atom is -0.490 e. The Bertz CT molecular complexity index is 419. The molecule has 3 atom stereocenters. The highest BCUT2D eigenvalue weighted by atomic mass is 16.5. The van der Waals surface area contributed by atoms with E-state index in [1.165, 1.54) is 32.1 Å². The monoisotopic (exact) mass is 227 g/mol. The first-order chi connectivity index (χ1) is 8.33. The van der Waals surface area contributed by atoms with Gasteiger partial charge in [0.25, 0.3) is 0 Å². The van der Waals surface area contributed by atoms with Gasteiger partial charge in [0.15, 0.2) is 0 Å². The Hall–Kier alpha value is -1.49. The van der Waals surface area contributed by atoms with Gasteiger partial charge in [-0.3, -0.25) is 0 Å². The molecule has 2 nitrogen and oxygen atoms in total. The topological polar surface area (TPSA) is 33.0 Å². The van der Waals surface area contributed by atoms with Crippen molar-refractivity contribution in [3.8, 4) is 11.8 Å². The number of benzene rings is 1. The Morgan fingerprint density at radius 1 is 1.00 bits per heavy atom. The molecular formula is C15H17NO. The largest absolute Gasteiger partial charge is 0.490 e. The maximum absolute atomic E-state index is 8.74. The third kappa shape index (κ3) is 2.29. The van der Waals surface area contributed by atoms with Crippen LogP contribution in [0.25, 0.3) is 0 Å². The van der Waals surface area contributed by atoms with Crippen molar-refractivity contribution in [2.24, 2.45) is 11.8 Å². The van der Waals surface area contributed by atoms with E-state index < -0.39 is 0 Å². The first-order valence-electron chi connectivity index (χ1n) is 6.50.